The van der Waals surface area contributed by atoms with Crippen molar-refractivity contribution in [3.05, 3.63) is 42.2 Å². The second kappa shape index (κ2) is 9.02. The first kappa shape index (κ1) is 23.9. The maximum Gasteiger partial charge on any atom is 0.246 e. The molecule has 5 rings (SSSR count). The highest BCUT2D eigenvalue weighted by atomic mass is 19.1. The van der Waals surface area contributed by atoms with Gasteiger partial charge in [0.15, 0.2) is 0 Å². The van der Waals surface area contributed by atoms with Crippen molar-refractivity contribution in [2.24, 2.45) is 11.8 Å². The van der Waals surface area contributed by atoms with Crippen molar-refractivity contribution < 1.29 is 28.2 Å². The van der Waals surface area contributed by atoms with E-state index in [9.17, 15) is 18.8 Å². The Kier molecular flexibility index (Phi) is 6.17. The number of ether oxygens (including phenoxy) is 2. The Labute approximate surface area is 204 Å². The molecule has 3 amide bonds. The molecule has 9 heteroatoms. The highest BCUT2D eigenvalue weighted by Gasteiger charge is 2.76. The minimum Gasteiger partial charge on any atom is -0.383 e. The van der Waals surface area contributed by atoms with Gasteiger partial charge in [0.25, 0.3) is 0 Å². The molecule has 8 nitrogen and oxygen atoms in total. The van der Waals surface area contributed by atoms with Gasteiger partial charge in [-0.15, -0.1) is 0 Å². The van der Waals surface area contributed by atoms with E-state index in [2.05, 4.69) is 10.6 Å². The van der Waals surface area contributed by atoms with Gasteiger partial charge in [0, 0.05) is 25.4 Å². The summed E-state index contributed by atoms with van der Waals surface area (Å²) in [6.45, 7) is 2.25. The first-order chi connectivity index (χ1) is 16.8. The number of fused-ring (bicyclic) bond motifs is 1. The van der Waals surface area contributed by atoms with Crippen molar-refractivity contribution in [3.63, 3.8) is 0 Å². The first-order valence-electron chi connectivity index (χ1n) is 12.4. The van der Waals surface area contributed by atoms with Gasteiger partial charge >= 0.3 is 0 Å². The highest BCUT2D eigenvalue weighted by molar-refractivity contribution is 6.03. The zero-order valence-corrected chi connectivity index (χ0v) is 20.1. The number of benzene rings is 1. The fourth-order valence-electron chi connectivity index (χ4n) is 6.34. The first-order valence-corrected chi connectivity index (χ1v) is 12.4. The molecule has 3 fully saturated rings. The van der Waals surface area contributed by atoms with Crippen molar-refractivity contribution in [2.45, 2.75) is 62.3 Å². The number of methoxy groups -OCH3 is 1. The lowest BCUT2D eigenvalue weighted by molar-refractivity contribution is -0.144. The van der Waals surface area contributed by atoms with Crippen LogP contribution < -0.4 is 10.6 Å². The summed E-state index contributed by atoms with van der Waals surface area (Å²) in [6.07, 6.45) is 8.72. The van der Waals surface area contributed by atoms with Gasteiger partial charge in [0.05, 0.1) is 24.0 Å². The average Bonchev–Trinajstić information content (AvgIpc) is 3.40. The summed E-state index contributed by atoms with van der Waals surface area (Å²) < 4.78 is 25.0. The van der Waals surface area contributed by atoms with Crippen LogP contribution in [0.25, 0.3) is 0 Å². The summed E-state index contributed by atoms with van der Waals surface area (Å²) >= 11 is 0. The summed E-state index contributed by atoms with van der Waals surface area (Å²) in [5.41, 5.74) is -1.85. The van der Waals surface area contributed by atoms with Gasteiger partial charge < -0.3 is 25.0 Å². The Morgan fingerprint density at radius 2 is 1.86 bits per heavy atom. The Hall–Kier alpha value is -2.78. The number of carbonyl (C=O) groups is 3. The molecule has 1 saturated carbocycles. The van der Waals surface area contributed by atoms with Crippen molar-refractivity contribution in [3.8, 4) is 0 Å². The van der Waals surface area contributed by atoms with Crippen LogP contribution in [0.1, 0.15) is 39.0 Å². The zero-order chi connectivity index (χ0) is 24.8. The number of rotatable bonds is 7. The number of amides is 3. The van der Waals surface area contributed by atoms with Crippen LogP contribution in [0.15, 0.2) is 36.4 Å². The van der Waals surface area contributed by atoms with E-state index in [1.807, 2.05) is 0 Å². The molecule has 1 aromatic rings. The van der Waals surface area contributed by atoms with E-state index in [0.29, 0.717) is 5.69 Å². The van der Waals surface area contributed by atoms with Crippen LogP contribution >= 0.6 is 0 Å². The summed E-state index contributed by atoms with van der Waals surface area (Å²) in [7, 11) is 1.54. The van der Waals surface area contributed by atoms with E-state index in [-0.39, 0.29) is 31.0 Å². The molecule has 2 bridgehead atoms. The van der Waals surface area contributed by atoms with Crippen LogP contribution in [0.3, 0.4) is 0 Å². The monoisotopic (exact) mass is 485 g/mol. The SMILES string of the molecule is COCCN1C(=O)[C@@H]2[C@H](C(=O)Nc3ccc(F)cc3)[C@@]3(C)C=C[C@]2(O3)[C@H]1C(=O)NC1CCCCC1. The molecule has 1 spiro atoms. The molecule has 0 unspecified atom stereocenters. The average molecular weight is 486 g/mol. The van der Waals surface area contributed by atoms with E-state index < -0.39 is 40.8 Å². The minimum atomic E-state index is -1.23. The van der Waals surface area contributed by atoms with Crippen molar-refractivity contribution >= 4 is 23.4 Å². The van der Waals surface area contributed by atoms with Crippen LogP contribution in [0.2, 0.25) is 0 Å². The second-order valence-corrected chi connectivity index (χ2v) is 10.2. The van der Waals surface area contributed by atoms with E-state index in [0.717, 1.165) is 32.1 Å². The molecule has 3 heterocycles. The summed E-state index contributed by atoms with van der Waals surface area (Å²) in [4.78, 5) is 42.4. The highest BCUT2D eigenvalue weighted by Crippen LogP contribution is 2.59. The van der Waals surface area contributed by atoms with E-state index in [1.54, 1.807) is 26.2 Å². The molecule has 2 saturated heterocycles. The lowest BCUT2D eigenvalue weighted by Crippen LogP contribution is -2.57. The van der Waals surface area contributed by atoms with Crippen molar-refractivity contribution in [1.29, 1.82) is 0 Å². The fraction of sp³-hybridized carbons (Fsp3) is 0.577. The zero-order valence-electron chi connectivity index (χ0n) is 20.1. The second-order valence-electron chi connectivity index (χ2n) is 10.2. The standard InChI is InChI=1S/C26H32FN3O5/c1-25-12-13-26(35-25)20(19(25)22(31)28-18-10-8-16(27)9-11-18)24(33)30(14-15-34-2)21(26)23(32)29-17-6-4-3-5-7-17/h8-13,17,19-21H,3-7,14-15H2,1-2H3,(H,28,31)(H,29,32)/t19-,20+,21-,25-,26-/m1/s1. The van der Waals surface area contributed by atoms with Crippen LogP contribution in [0.4, 0.5) is 10.1 Å². The lowest BCUT2D eigenvalue weighted by Gasteiger charge is -2.34. The lowest BCUT2D eigenvalue weighted by atomic mass is 9.70. The van der Waals surface area contributed by atoms with E-state index in [1.165, 1.54) is 29.2 Å². The molecule has 35 heavy (non-hydrogen) atoms. The van der Waals surface area contributed by atoms with E-state index in [4.69, 9.17) is 9.47 Å². The van der Waals surface area contributed by atoms with Gasteiger partial charge in [-0.1, -0.05) is 31.4 Å². The number of hydrogen-bond acceptors (Lipinski definition) is 5. The van der Waals surface area contributed by atoms with Crippen molar-refractivity contribution in [2.75, 3.05) is 25.6 Å². The molecule has 1 aromatic carbocycles. The number of carbonyl (C=O) groups excluding carboxylic acids is 3. The molecule has 188 valence electrons. The molecular formula is C26H32FN3O5. The van der Waals surface area contributed by atoms with Gasteiger partial charge in [-0.2, -0.15) is 0 Å². The third-order valence-electron chi connectivity index (χ3n) is 7.93. The van der Waals surface area contributed by atoms with Gasteiger partial charge in [0.2, 0.25) is 17.7 Å². The number of hydrogen-bond donors (Lipinski definition) is 2. The molecule has 0 aromatic heterocycles. The molecular weight excluding hydrogens is 453 g/mol. The predicted octanol–water partition coefficient (Wildman–Crippen LogP) is 2.40. The van der Waals surface area contributed by atoms with Crippen LogP contribution in [0.5, 0.6) is 0 Å². The molecule has 2 N–H and O–H groups in total. The number of halogens is 1. The largest absolute Gasteiger partial charge is 0.383 e. The minimum absolute atomic E-state index is 0.0711. The molecule has 3 aliphatic heterocycles. The summed E-state index contributed by atoms with van der Waals surface area (Å²) in [5.74, 6) is -3.05. The van der Waals surface area contributed by atoms with Crippen LogP contribution in [-0.2, 0) is 23.9 Å². The van der Waals surface area contributed by atoms with Crippen LogP contribution in [-0.4, -0.2) is 66.2 Å². The Bertz CT molecular complexity index is 1040. The number of anilines is 1. The summed E-state index contributed by atoms with van der Waals surface area (Å²) in [6, 6.07) is 4.64. The molecule has 1 aliphatic carbocycles. The molecule has 4 aliphatic rings. The summed E-state index contributed by atoms with van der Waals surface area (Å²) in [5, 5.41) is 5.96. The van der Waals surface area contributed by atoms with Gasteiger partial charge in [-0.3, -0.25) is 14.4 Å². The number of likely N-dealkylation sites (tertiary alicyclic amines) is 1. The van der Waals surface area contributed by atoms with Gasteiger partial charge in [0.1, 0.15) is 17.5 Å². The van der Waals surface area contributed by atoms with Crippen molar-refractivity contribution in [1.82, 2.24) is 10.2 Å². The fourth-order valence-corrected chi connectivity index (χ4v) is 6.34. The number of nitrogens with one attached hydrogen (secondary N) is 2. The topological polar surface area (TPSA) is 97.0 Å². The Morgan fingerprint density at radius 3 is 2.54 bits per heavy atom. The predicted molar refractivity (Wildman–Crippen MR) is 126 cm³/mol. The molecule has 0 radical (unpaired) electrons. The normalized spacial score (nSPS) is 33.7. The number of nitrogens with zero attached hydrogens (tertiary/aromatic N) is 1. The van der Waals surface area contributed by atoms with Crippen LogP contribution in [0, 0.1) is 17.7 Å². The van der Waals surface area contributed by atoms with E-state index >= 15 is 0 Å². The smallest absolute Gasteiger partial charge is 0.246 e. The third kappa shape index (κ3) is 3.94. The third-order valence-corrected chi connectivity index (χ3v) is 7.93. The Balaban J connectivity index is 1.45. The molecule has 5 atom stereocenters. The van der Waals surface area contributed by atoms with Gasteiger partial charge in [-0.25, -0.2) is 4.39 Å². The van der Waals surface area contributed by atoms with Gasteiger partial charge in [-0.05, 0) is 44.0 Å². The maximum absolute atomic E-state index is 13.8. The maximum atomic E-state index is 13.8. The quantitative estimate of drug-likeness (QED) is 0.578. The Morgan fingerprint density at radius 1 is 1.14 bits per heavy atom.